The minimum atomic E-state index is -3.65. The zero-order chi connectivity index (χ0) is 22.6. The number of nitrogens with one attached hydrogen (secondary N) is 2. The lowest BCUT2D eigenvalue weighted by molar-refractivity contribution is -0.120. The number of aryl methyl sites for hydroxylation is 1. The molecule has 8 heteroatoms. The van der Waals surface area contributed by atoms with Crippen molar-refractivity contribution in [3.8, 4) is 0 Å². The standard InChI is InChI=1S/C23H30N4O3S/c1-17-26-20-7-5-6-8-21(20)27(17)16-15-24-22(28)13-14-25-31(29,30)19-11-9-18(10-12-19)23(2,3)4/h5-12,25H,13-16H2,1-4H3,(H,24,28). The first-order chi connectivity index (χ1) is 14.6. The third-order valence-corrected chi connectivity index (χ3v) is 6.65. The van der Waals surface area contributed by atoms with Gasteiger partial charge in [-0.2, -0.15) is 0 Å². The number of para-hydroxylation sites is 2. The molecule has 0 saturated heterocycles. The minimum absolute atomic E-state index is 0.0439. The third kappa shape index (κ3) is 5.71. The summed E-state index contributed by atoms with van der Waals surface area (Å²) in [6, 6.07) is 14.7. The van der Waals surface area contributed by atoms with Crippen LogP contribution in [0, 0.1) is 6.92 Å². The van der Waals surface area contributed by atoms with Crippen molar-refractivity contribution in [2.24, 2.45) is 0 Å². The zero-order valence-electron chi connectivity index (χ0n) is 18.5. The van der Waals surface area contributed by atoms with E-state index in [-0.39, 0.29) is 29.2 Å². The van der Waals surface area contributed by atoms with Crippen molar-refractivity contribution in [1.82, 2.24) is 19.6 Å². The van der Waals surface area contributed by atoms with Crippen molar-refractivity contribution in [3.63, 3.8) is 0 Å². The molecule has 1 amide bonds. The minimum Gasteiger partial charge on any atom is -0.354 e. The molecule has 0 aliphatic rings. The fourth-order valence-electron chi connectivity index (χ4n) is 3.39. The monoisotopic (exact) mass is 442 g/mol. The molecule has 0 spiro atoms. The van der Waals surface area contributed by atoms with Gasteiger partial charge in [0.15, 0.2) is 0 Å². The summed E-state index contributed by atoms with van der Waals surface area (Å²) in [7, 11) is -3.65. The van der Waals surface area contributed by atoms with Crippen LogP contribution in [0.2, 0.25) is 0 Å². The SMILES string of the molecule is Cc1nc2ccccc2n1CCNC(=O)CCNS(=O)(=O)c1ccc(C(C)(C)C)cc1. The van der Waals surface area contributed by atoms with Crippen LogP contribution in [0.3, 0.4) is 0 Å². The van der Waals surface area contributed by atoms with Crippen LogP contribution >= 0.6 is 0 Å². The Morgan fingerprint density at radius 3 is 2.39 bits per heavy atom. The predicted octanol–water partition coefficient (Wildman–Crippen LogP) is 3.13. The lowest BCUT2D eigenvalue weighted by atomic mass is 9.87. The van der Waals surface area contributed by atoms with Gasteiger partial charge >= 0.3 is 0 Å². The van der Waals surface area contributed by atoms with E-state index in [0.29, 0.717) is 13.1 Å². The van der Waals surface area contributed by atoms with E-state index >= 15 is 0 Å². The van der Waals surface area contributed by atoms with Gasteiger partial charge in [0, 0.05) is 26.1 Å². The topological polar surface area (TPSA) is 93.1 Å². The van der Waals surface area contributed by atoms with Gasteiger partial charge in [0.05, 0.1) is 15.9 Å². The smallest absolute Gasteiger partial charge is 0.240 e. The van der Waals surface area contributed by atoms with Crippen molar-refractivity contribution in [2.75, 3.05) is 13.1 Å². The summed E-state index contributed by atoms with van der Waals surface area (Å²) >= 11 is 0. The van der Waals surface area contributed by atoms with E-state index in [1.54, 1.807) is 12.1 Å². The van der Waals surface area contributed by atoms with Gasteiger partial charge in [0.25, 0.3) is 0 Å². The fourth-order valence-corrected chi connectivity index (χ4v) is 4.42. The Morgan fingerprint density at radius 2 is 1.71 bits per heavy atom. The number of rotatable bonds is 8. The Labute approximate surface area is 183 Å². The van der Waals surface area contributed by atoms with Crippen LogP contribution in [0.15, 0.2) is 53.4 Å². The van der Waals surface area contributed by atoms with E-state index in [1.807, 2.05) is 43.3 Å². The third-order valence-electron chi connectivity index (χ3n) is 5.18. The first-order valence-electron chi connectivity index (χ1n) is 10.4. The van der Waals surface area contributed by atoms with E-state index in [9.17, 15) is 13.2 Å². The molecule has 2 N–H and O–H groups in total. The van der Waals surface area contributed by atoms with Crippen LogP contribution in [-0.2, 0) is 26.8 Å². The second-order valence-electron chi connectivity index (χ2n) is 8.57. The second kappa shape index (κ2) is 9.20. The van der Waals surface area contributed by atoms with Gasteiger partial charge in [-0.25, -0.2) is 18.1 Å². The first kappa shape index (κ1) is 23.0. The number of carbonyl (C=O) groups is 1. The number of benzene rings is 2. The number of imidazole rings is 1. The number of aromatic nitrogens is 2. The van der Waals surface area contributed by atoms with E-state index < -0.39 is 10.0 Å². The van der Waals surface area contributed by atoms with E-state index in [0.717, 1.165) is 22.4 Å². The van der Waals surface area contributed by atoms with Gasteiger partial charge in [0.1, 0.15) is 5.82 Å². The maximum Gasteiger partial charge on any atom is 0.240 e. The molecule has 0 saturated carbocycles. The summed E-state index contributed by atoms with van der Waals surface area (Å²) in [4.78, 5) is 16.8. The molecule has 0 aliphatic carbocycles. The highest BCUT2D eigenvalue weighted by molar-refractivity contribution is 7.89. The molecule has 31 heavy (non-hydrogen) atoms. The van der Waals surface area contributed by atoms with Crippen LogP contribution in [0.25, 0.3) is 11.0 Å². The molecule has 3 aromatic rings. The van der Waals surface area contributed by atoms with Gasteiger partial charge in [-0.3, -0.25) is 4.79 Å². The number of carbonyl (C=O) groups excluding carboxylic acids is 1. The molecule has 1 aromatic heterocycles. The number of hydrogen-bond donors (Lipinski definition) is 2. The Morgan fingerprint density at radius 1 is 1.03 bits per heavy atom. The van der Waals surface area contributed by atoms with E-state index in [1.165, 1.54) is 0 Å². The van der Waals surface area contributed by atoms with Crippen LogP contribution in [0.5, 0.6) is 0 Å². The summed E-state index contributed by atoms with van der Waals surface area (Å²) in [5, 5.41) is 2.84. The van der Waals surface area contributed by atoms with Crippen molar-refractivity contribution in [1.29, 1.82) is 0 Å². The summed E-state index contributed by atoms with van der Waals surface area (Å²) in [6.07, 6.45) is 0.0724. The van der Waals surface area contributed by atoms with Crippen LogP contribution in [0.4, 0.5) is 0 Å². The van der Waals surface area contributed by atoms with Crippen molar-refractivity contribution >= 4 is 27.0 Å². The van der Waals surface area contributed by atoms with Gasteiger partial charge in [0.2, 0.25) is 15.9 Å². The molecule has 166 valence electrons. The van der Waals surface area contributed by atoms with Crippen LogP contribution < -0.4 is 10.0 Å². The van der Waals surface area contributed by atoms with Crippen molar-refractivity contribution < 1.29 is 13.2 Å². The average molecular weight is 443 g/mol. The number of amides is 1. The molecule has 3 rings (SSSR count). The molecular weight excluding hydrogens is 412 g/mol. The molecule has 0 atom stereocenters. The molecule has 0 unspecified atom stereocenters. The highest BCUT2D eigenvalue weighted by atomic mass is 32.2. The summed E-state index contributed by atoms with van der Waals surface area (Å²) in [5.41, 5.74) is 2.97. The normalized spacial score (nSPS) is 12.3. The first-order valence-corrected chi connectivity index (χ1v) is 11.8. The molecule has 2 aromatic carbocycles. The van der Waals surface area contributed by atoms with Gasteiger partial charge < -0.3 is 9.88 Å². The molecule has 7 nitrogen and oxygen atoms in total. The number of nitrogens with zero attached hydrogens (tertiary/aromatic N) is 2. The molecular formula is C23H30N4O3S. The van der Waals surface area contributed by atoms with Gasteiger partial charge in [-0.1, -0.05) is 45.0 Å². The van der Waals surface area contributed by atoms with E-state index in [2.05, 4.69) is 40.4 Å². The molecule has 0 bridgehead atoms. The lowest BCUT2D eigenvalue weighted by Gasteiger charge is -2.19. The second-order valence-corrected chi connectivity index (χ2v) is 10.3. The zero-order valence-corrected chi connectivity index (χ0v) is 19.3. The Bertz CT molecular complexity index is 1160. The van der Waals surface area contributed by atoms with Gasteiger partial charge in [-0.15, -0.1) is 0 Å². The molecule has 1 heterocycles. The highest BCUT2D eigenvalue weighted by Crippen LogP contribution is 2.23. The average Bonchev–Trinajstić information content (AvgIpc) is 3.02. The van der Waals surface area contributed by atoms with Crippen LogP contribution in [-0.4, -0.2) is 37.0 Å². The summed E-state index contributed by atoms with van der Waals surface area (Å²) in [6.45, 7) is 9.25. The maximum absolute atomic E-state index is 12.5. The van der Waals surface area contributed by atoms with Gasteiger partial charge in [-0.05, 0) is 42.2 Å². The number of sulfonamides is 1. The van der Waals surface area contributed by atoms with E-state index in [4.69, 9.17) is 0 Å². The molecule has 0 radical (unpaired) electrons. The Hall–Kier alpha value is -2.71. The number of hydrogen-bond acceptors (Lipinski definition) is 4. The predicted molar refractivity (Wildman–Crippen MR) is 122 cm³/mol. The fraction of sp³-hybridized carbons (Fsp3) is 0.391. The summed E-state index contributed by atoms with van der Waals surface area (Å²) in [5.74, 6) is 0.688. The Balaban J connectivity index is 1.47. The molecule has 0 fully saturated rings. The molecule has 0 aliphatic heterocycles. The quantitative estimate of drug-likeness (QED) is 0.561. The van der Waals surface area contributed by atoms with Crippen molar-refractivity contribution in [3.05, 3.63) is 59.9 Å². The summed E-state index contributed by atoms with van der Waals surface area (Å²) < 4.78 is 29.5. The Kier molecular flexibility index (Phi) is 6.81. The van der Waals surface area contributed by atoms with Crippen molar-refractivity contribution in [2.45, 2.75) is 51.0 Å². The lowest BCUT2D eigenvalue weighted by Crippen LogP contribution is -2.32. The number of fused-ring (bicyclic) bond motifs is 1. The maximum atomic E-state index is 12.5. The van der Waals surface area contributed by atoms with Crippen LogP contribution in [0.1, 0.15) is 38.6 Å². The largest absolute Gasteiger partial charge is 0.354 e. The highest BCUT2D eigenvalue weighted by Gasteiger charge is 2.17.